The van der Waals surface area contributed by atoms with Gasteiger partial charge in [0, 0.05) is 22.6 Å². The van der Waals surface area contributed by atoms with Crippen molar-refractivity contribution in [2.45, 2.75) is 5.41 Å². The van der Waals surface area contributed by atoms with Gasteiger partial charge in [-0.05, 0) is 104 Å². The van der Waals surface area contributed by atoms with Crippen LogP contribution < -0.4 is 4.90 Å². The Balaban J connectivity index is 1.18. The Labute approximate surface area is 293 Å². The summed E-state index contributed by atoms with van der Waals surface area (Å²) in [7, 11) is 0. The quantitative estimate of drug-likeness (QED) is 0.170. The predicted octanol–water partition coefficient (Wildman–Crippen LogP) is 12.3. The fourth-order valence-electron chi connectivity index (χ4n) is 7.50. The molecular formula is C49H33N. The molecule has 0 aromatic heterocycles. The zero-order valence-electron chi connectivity index (χ0n) is 27.5. The summed E-state index contributed by atoms with van der Waals surface area (Å²) in [5, 5.41) is 2.50. The van der Waals surface area contributed by atoms with E-state index in [1.165, 1.54) is 49.7 Å². The molecule has 0 fully saturated rings. The summed E-state index contributed by atoms with van der Waals surface area (Å²) in [6.07, 6.45) is 0. The lowest BCUT2D eigenvalue weighted by molar-refractivity contribution is 0.837. The minimum absolute atomic E-state index is 0.632. The standard InChI is InChI=1S/C49H33N/c1-4-16-41(17-5-1)49(33-32-36-24-26-38(27-25-36)40-29-28-37-14-10-11-15-39(37)34-40)47-23-13-12-22-45(47)46-35-44(30-31-48(46)49)50(42-18-6-2-7-19-42)43-20-8-3-9-21-43/h1-31,34-35H. The predicted molar refractivity (Wildman–Crippen MR) is 209 cm³/mol. The molecule has 0 radical (unpaired) electrons. The molecule has 0 amide bonds. The number of benzene rings is 8. The Bertz CT molecular complexity index is 2480. The second-order valence-electron chi connectivity index (χ2n) is 12.8. The maximum absolute atomic E-state index is 3.87. The number of para-hydroxylation sites is 2. The fraction of sp³-hybridized carbons (Fsp3) is 0.0204. The van der Waals surface area contributed by atoms with Crippen molar-refractivity contribution in [1.82, 2.24) is 0 Å². The Morgan fingerprint density at radius 2 is 0.960 bits per heavy atom. The van der Waals surface area contributed by atoms with Crippen molar-refractivity contribution in [3.63, 3.8) is 0 Å². The lowest BCUT2D eigenvalue weighted by atomic mass is 9.73. The highest BCUT2D eigenvalue weighted by Gasteiger charge is 2.43. The van der Waals surface area contributed by atoms with Crippen molar-refractivity contribution in [3.05, 3.63) is 222 Å². The van der Waals surface area contributed by atoms with E-state index in [0.29, 0.717) is 0 Å². The largest absolute Gasteiger partial charge is 0.310 e. The maximum atomic E-state index is 3.87. The van der Waals surface area contributed by atoms with E-state index in [1.54, 1.807) is 0 Å². The van der Waals surface area contributed by atoms with Crippen molar-refractivity contribution in [1.29, 1.82) is 0 Å². The molecule has 0 saturated heterocycles. The molecule has 8 aromatic carbocycles. The zero-order chi connectivity index (χ0) is 33.3. The molecule has 8 aromatic rings. The first-order valence-corrected chi connectivity index (χ1v) is 17.1. The monoisotopic (exact) mass is 635 g/mol. The second kappa shape index (κ2) is 12.4. The first kappa shape index (κ1) is 29.5. The molecule has 1 heteroatoms. The van der Waals surface area contributed by atoms with Crippen LogP contribution in [0.1, 0.15) is 22.3 Å². The number of fused-ring (bicyclic) bond motifs is 4. The van der Waals surface area contributed by atoms with Gasteiger partial charge >= 0.3 is 0 Å². The Morgan fingerprint density at radius 1 is 0.380 bits per heavy atom. The van der Waals surface area contributed by atoms with Gasteiger partial charge in [-0.2, -0.15) is 0 Å². The van der Waals surface area contributed by atoms with Gasteiger partial charge in [0.2, 0.25) is 0 Å². The molecule has 1 unspecified atom stereocenters. The third kappa shape index (κ3) is 5.07. The third-order valence-electron chi connectivity index (χ3n) is 9.88. The van der Waals surface area contributed by atoms with Gasteiger partial charge in [0.05, 0.1) is 0 Å². The number of nitrogens with zero attached hydrogens (tertiary/aromatic N) is 1. The second-order valence-corrected chi connectivity index (χ2v) is 12.8. The highest BCUT2D eigenvalue weighted by atomic mass is 15.1. The average molecular weight is 636 g/mol. The van der Waals surface area contributed by atoms with E-state index in [9.17, 15) is 0 Å². The van der Waals surface area contributed by atoms with Gasteiger partial charge in [-0.15, -0.1) is 0 Å². The Kier molecular flexibility index (Phi) is 7.34. The van der Waals surface area contributed by atoms with E-state index in [1.807, 2.05) is 0 Å². The number of anilines is 3. The third-order valence-corrected chi connectivity index (χ3v) is 9.88. The van der Waals surface area contributed by atoms with Crippen molar-refractivity contribution >= 4 is 27.8 Å². The van der Waals surface area contributed by atoms with Crippen LogP contribution in [0.5, 0.6) is 0 Å². The summed E-state index contributed by atoms with van der Waals surface area (Å²) < 4.78 is 0. The summed E-state index contributed by atoms with van der Waals surface area (Å²) in [5.41, 5.74) is 12.1. The van der Waals surface area contributed by atoms with Crippen LogP contribution in [0.15, 0.2) is 200 Å². The van der Waals surface area contributed by atoms with Crippen LogP contribution in [0.3, 0.4) is 0 Å². The van der Waals surface area contributed by atoms with E-state index in [-0.39, 0.29) is 0 Å². The molecule has 0 bridgehead atoms. The number of hydrogen-bond acceptors (Lipinski definition) is 1. The molecule has 1 nitrogen and oxygen atoms in total. The smallest absolute Gasteiger partial charge is 0.108 e. The first-order valence-electron chi connectivity index (χ1n) is 17.1. The van der Waals surface area contributed by atoms with Crippen LogP contribution in [0.2, 0.25) is 0 Å². The fourth-order valence-corrected chi connectivity index (χ4v) is 7.50. The summed E-state index contributed by atoms with van der Waals surface area (Å²) in [4.78, 5) is 2.33. The van der Waals surface area contributed by atoms with Gasteiger partial charge in [-0.3, -0.25) is 0 Å². The molecule has 0 spiro atoms. The SMILES string of the molecule is C(#CC1(c2ccccc2)c2ccccc2-c2cc(N(c3ccccc3)c3ccccc3)ccc21)c1ccc(-c2ccc3ccccc3c2)cc1. The molecule has 0 N–H and O–H groups in total. The highest BCUT2D eigenvalue weighted by Crippen LogP contribution is 2.53. The van der Waals surface area contributed by atoms with Crippen LogP contribution in [-0.4, -0.2) is 0 Å². The maximum Gasteiger partial charge on any atom is 0.108 e. The number of hydrogen-bond donors (Lipinski definition) is 0. The molecule has 0 heterocycles. The van der Waals surface area contributed by atoms with Crippen LogP contribution in [0.25, 0.3) is 33.0 Å². The Hall–Kier alpha value is -6.62. The number of rotatable bonds is 5. The van der Waals surface area contributed by atoms with Gasteiger partial charge in [0.25, 0.3) is 0 Å². The van der Waals surface area contributed by atoms with Crippen LogP contribution >= 0.6 is 0 Å². The normalized spacial score (nSPS) is 14.3. The van der Waals surface area contributed by atoms with Crippen LogP contribution in [0, 0.1) is 11.8 Å². The van der Waals surface area contributed by atoms with E-state index in [0.717, 1.165) is 22.6 Å². The average Bonchev–Trinajstić information content (AvgIpc) is 3.48. The van der Waals surface area contributed by atoms with Crippen LogP contribution in [0.4, 0.5) is 17.1 Å². The van der Waals surface area contributed by atoms with Crippen LogP contribution in [-0.2, 0) is 5.41 Å². The highest BCUT2D eigenvalue weighted by molar-refractivity contribution is 5.90. The molecule has 1 atom stereocenters. The first-order chi connectivity index (χ1) is 24.8. The van der Waals surface area contributed by atoms with E-state index in [2.05, 4.69) is 217 Å². The van der Waals surface area contributed by atoms with E-state index in [4.69, 9.17) is 0 Å². The summed E-state index contributed by atoms with van der Waals surface area (Å²) in [5.74, 6) is 7.52. The molecule has 1 aliphatic carbocycles. The molecule has 0 saturated carbocycles. The summed E-state index contributed by atoms with van der Waals surface area (Å²) in [6, 6.07) is 71.5. The van der Waals surface area contributed by atoms with Crippen molar-refractivity contribution in [2.24, 2.45) is 0 Å². The van der Waals surface area contributed by atoms with E-state index < -0.39 is 5.41 Å². The molecule has 0 aliphatic heterocycles. The molecule has 9 rings (SSSR count). The van der Waals surface area contributed by atoms with Crippen molar-refractivity contribution < 1.29 is 0 Å². The van der Waals surface area contributed by atoms with Gasteiger partial charge in [0.15, 0.2) is 0 Å². The van der Waals surface area contributed by atoms with Gasteiger partial charge in [0.1, 0.15) is 5.41 Å². The lowest BCUT2D eigenvalue weighted by Gasteiger charge is -2.29. The molecular weight excluding hydrogens is 603 g/mol. The minimum atomic E-state index is -0.632. The van der Waals surface area contributed by atoms with Gasteiger partial charge < -0.3 is 4.90 Å². The van der Waals surface area contributed by atoms with Crippen molar-refractivity contribution in [2.75, 3.05) is 4.90 Å². The molecule has 1 aliphatic rings. The Morgan fingerprint density at radius 3 is 1.68 bits per heavy atom. The van der Waals surface area contributed by atoms with E-state index >= 15 is 0 Å². The van der Waals surface area contributed by atoms with Crippen molar-refractivity contribution in [3.8, 4) is 34.1 Å². The van der Waals surface area contributed by atoms with Gasteiger partial charge in [-0.1, -0.05) is 157 Å². The minimum Gasteiger partial charge on any atom is -0.310 e. The topological polar surface area (TPSA) is 3.24 Å². The zero-order valence-corrected chi connectivity index (χ0v) is 27.5. The molecule has 50 heavy (non-hydrogen) atoms. The van der Waals surface area contributed by atoms with Gasteiger partial charge in [-0.25, -0.2) is 0 Å². The molecule has 234 valence electrons. The lowest BCUT2D eigenvalue weighted by Crippen LogP contribution is -2.25. The summed E-state index contributed by atoms with van der Waals surface area (Å²) >= 11 is 0. The summed E-state index contributed by atoms with van der Waals surface area (Å²) in [6.45, 7) is 0.